The summed E-state index contributed by atoms with van der Waals surface area (Å²) in [7, 11) is -1.23. The van der Waals surface area contributed by atoms with Gasteiger partial charge in [0.1, 0.15) is 11.0 Å². The molecule has 1 atom stereocenters. The van der Waals surface area contributed by atoms with Gasteiger partial charge in [-0.05, 0) is 54.7 Å². The standard InChI is InChI=1S/C22H25BClN3OS/c1-3-17(2)18-7-8-20(26-14-18)15-27(21-6-4-5-19(24)13-21)29(28)22-9-11-23(16-25)12-10-22/h4-8,13-14,22H,2-3,9-12,15H2,1H3. The highest BCUT2D eigenvalue weighted by molar-refractivity contribution is 7.87. The van der Waals surface area contributed by atoms with Crippen LogP contribution in [0.1, 0.15) is 37.4 Å². The lowest BCUT2D eigenvalue weighted by Crippen LogP contribution is -2.36. The Bertz CT molecular complexity index is 920. The van der Waals surface area contributed by atoms with Crippen molar-refractivity contribution in [2.24, 2.45) is 0 Å². The number of nitriles is 1. The van der Waals surface area contributed by atoms with E-state index < -0.39 is 11.0 Å². The average molecular weight is 426 g/mol. The molecular formula is C22H25BClN3OS. The van der Waals surface area contributed by atoms with Gasteiger partial charge in [-0.2, -0.15) is 0 Å². The van der Waals surface area contributed by atoms with Gasteiger partial charge in [-0.25, -0.2) is 9.47 Å². The fourth-order valence-electron chi connectivity index (χ4n) is 3.54. The first-order chi connectivity index (χ1) is 14.0. The van der Waals surface area contributed by atoms with Gasteiger partial charge in [0.2, 0.25) is 0 Å². The van der Waals surface area contributed by atoms with Crippen LogP contribution in [-0.2, 0) is 17.5 Å². The lowest BCUT2D eigenvalue weighted by atomic mass is 9.43. The van der Waals surface area contributed by atoms with Crippen LogP contribution >= 0.6 is 11.6 Å². The van der Waals surface area contributed by atoms with Gasteiger partial charge in [0.15, 0.2) is 0 Å². The van der Waals surface area contributed by atoms with Crippen molar-refractivity contribution in [3.8, 4) is 5.97 Å². The number of pyridine rings is 1. The topological polar surface area (TPSA) is 57.0 Å². The number of benzene rings is 1. The Labute approximate surface area is 181 Å². The summed E-state index contributed by atoms with van der Waals surface area (Å²) in [6, 6.07) is 11.4. The summed E-state index contributed by atoms with van der Waals surface area (Å²) in [5.74, 6) is 2.34. The molecule has 1 fully saturated rings. The van der Waals surface area contributed by atoms with Crippen molar-refractivity contribution in [1.29, 1.82) is 5.26 Å². The van der Waals surface area contributed by atoms with Crippen molar-refractivity contribution in [1.82, 2.24) is 4.98 Å². The predicted molar refractivity (Wildman–Crippen MR) is 123 cm³/mol. The Morgan fingerprint density at radius 1 is 1.38 bits per heavy atom. The minimum Gasteiger partial charge on any atom is -0.286 e. The molecule has 7 heteroatoms. The van der Waals surface area contributed by atoms with E-state index in [2.05, 4.69) is 24.5 Å². The number of allylic oxidation sites excluding steroid dienone is 1. The summed E-state index contributed by atoms with van der Waals surface area (Å²) in [6.07, 6.45) is 5.92. The quantitative estimate of drug-likeness (QED) is 0.546. The van der Waals surface area contributed by atoms with Gasteiger partial charge in [-0.1, -0.05) is 49.9 Å². The largest absolute Gasteiger partial charge is 0.286 e. The van der Waals surface area contributed by atoms with Crippen LogP contribution in [-0.4, -0.2) is 21.2 Å². The first kappa shape index (κ1) is 21.6. The smallest absolute Gasteiger partial charge is 0.267 e. The molecule has 4 nitrogen and oxygen atoms in total. The molecule has 0 spiro atoms. The zero-order valence-electron chi connectivity index (χ0n) is 16.7. The van der Waals surface area contributed by atoms with Gasteiger partial charge in [0, 0.05) is 17.2 Å². The lowest BCUT2D eigenvalue weighted by molar-refractivity contribution is 0.644. The van der Waals surface area contributed by atoms with Gasteiger partial charge < -0.3 is 0 Å². The Morgan fingerprint density at radius 2 is 2.14 bits per heavy atom. The molecule has 1 saturated heterocycles. The molecule has 2 heterocycles. The maximum absolute atomic E-state index is 13.5. The molecule has 1 aromatic carbocycles. The molecule has 3 rings (SSSR count). The summed E-state index contributed by atoms with van der Waals surface area (Å²) < 4.78 is 15.4. The van der Waals surface area contributed by atoms with Crippen LogP contribution < -0.4 is 4.31 Å². The van der Waals surface area contributed by atoms with Crippen LogP contribution in [0.2, 0.25) is 17.7 Å². The number of aromatic nitrogens is 1. The molecule has 2 aromatic rings. The summed E-state index contributed by atoms with van der Waals surface area (Å²) >= 11 is 6.20. The van der Waals surface area contributed by atoms with Crippen LogP contribution in [0.15, 0.2) is 49.2 Å². The lowest BCUT2D eigenvalue weighted by Gasteiger charge is -2.30. The van der Waals surface area contributed by atoms with E-state index in [1.165, 1.54) is 0 Å². The molecule has 1 aliphatic rings. The fourth-order valence-corrected chi connectivity index (χ4v) is 5.34. The van der Waals surface area contributed by atoms with Gasteiger partial charge in [-0.15, -0.1) is 0 Å². The van der Waals surface area contributed by atoms with Crippen LogP contribution in [0.3, 0.4) is 0 Å². The second-order valence-electron chi connectivity index (χ2n) is 7.39. The third-order valence-electron chi connectivity index (χ3n) is 5.42. The Hall–Kier alpha value is -2.10. The van der Waals surface area contributed by atoms with Crippen LogP contribution in [0.5, 0.6) is 0 Å². The van der Waals surface area contributed by atoms with E-state index in [4.69, 9.17) is 16.9 Å². The van der Waals surface area contributed by atoms with Gasteiger partial charge in [0.25, 0.3) is 6.71 Å². The van der Waals surface area contributed by atoms with Crippen LogP contribution in [0.4, 0.5) is 5.69 Å². The summed E-state index contributed by atoms with van der Waals surface area (Å²) in [6.45, 7) is 6.65. The van der Waals surface area contributed by atoms with Crippen LogP contribution in [0, 0.1) is 11.2 Å². The van der Waals surface area contributed by atoms with Crippen molar-refractivity contribution in [3.63, 3.8) is 0 Å². The maximum Gasteiger partial charge on any atom is 0.267 e. The number of nitrogens with zero attached hydrogens (tertiary/aromatic N) is 3. The highest BCUT2D eigenvalue weighted by atomic mass is 35.5. The third-order valence-corrected chi connectivity index (χ3v) is 7.47. The van der Waals surface area contributed by atoms with Gasteiger partial charge in [0.05, 0.1) is 23.2 Å². The zero-order chi connectivity index (χ0) is 20.8. The van der Waals surface area contributed by atoms with Gasteiger partial charge in [-0.3, -0.25) is 9.29 Å². The predicted octanol–water partition coefficient (Wildman–Crippen LogP) is 5.55. The minimum atomic E-state index is -1.23. The van der Waals surface area contributed by atoms with Crippen LogP contribution in [0.25, 0.3) is 5.57 Å². The molecular weight excluding hydrogens is 401 g/mol. The summed E-state index contributed by atoms with van der Waals surface area (Å²) in [5, 5.41) is 9.79. The number of rotatable bonds is 7. The SMILES string of the molecule is C=C(CC)c1ccc(CN(c2cccc(Cl)c2)S(=O)C2CCB(C#N)CC2)nc1. The molecule has 0 saturated carbocycles. The van der Waals surface area contributed by atoms with E-state index in [1.54, 1.807) is 0 Å². The highest BCUT2D eigenvalue weighted by Gasteiger charge is 2.31. The minimum absolute atomic E-state index is 0.0396. The Kier molecular flexibility index (Phi) is 7.52. The molecule has 29 heavy (non-hydrogen) atoms. The molecule has 1 unspecified atom stereocenters. The first-order valence-corrected chi connectivity index (χ1v) is 11.5. The van der Waals surface area contributed by atoms with Crippen molar-refractivity contribution < 1.29 is 4.21 Å². The van der Waals surface area contributed by atoms with E-state index >= 15 is 0 Å². The number of anilines is 1. The molecule has 0 radical (unpaired) electrons. The maximum atomic E-state index is 13.5. The van der Waals surface area contributed by atoms with E-state index in [-0.39, 0.29) is 12.0 Å². The normalized spacial score (nSPS) is 15.6. The molecule has 1 aliphatic heterocycles. The number of hydrogen-bond acceptors (Lipinski definition) is 3. The zero-order valence-corrected chi connectivity index (χ0v) is 18.3. The number of hydrogen-bond donors (Lipinski definition) is 0. The van der Waals surface area contributed by atoms with Crippen molar-refractivity contribution in [2.45, 2.75) is 50.6 Å². The molecule has 0 aliphatic carbocycles. The van der Waals surface area contributed by atoms with Crippen molar-refractivity contribution in [3.05, 3.63) is 65.5 Å². The van der Waals surface area contributed by atoms with E-state index in [0.717, 1.165) is 54.4 Å². The van der Waals surface area contributed by atoms with Crippen molar-refractivity contribution >= 4 is 40.6 Å². The van der Waals surface area contributed by atoms with Crippen molar-refractivity contribution in [2.75, 3.05) is 4.31 Å². The second kappa shape index (κ2) is 10.1. The van der Waals surface area contributed by atoms with E-state index in [1.807, 2.05) is 46.9 Å². The Balaban J connectivity index is 1.83. The third kappa shape index (κ3) is 5.49. The number of halogens is 1. The summed E-state index contributed by atoms with van der Waals surface area (Å²) in [5.41, 5.74) is 3.74. The van der Waals surface area contributed by atoms with E-state index in [9.17, 15) is 4.21 Å². The highest BCUT2D eigenvalue weighted by Crippen LogP contribution is 2.30. The molecule has 0 N–H and O–H groups in total. The Morgan fingerprint density at radius 3 is 2.72 bits per heavy atom. The molecule has 0 bridgehead atoms. The molecule has 0 amide bonds. The van der Waals surface area contributed by atoms with Gasteiger partial charge >= 0.3 is 0 Å². The monoisotopic (exact) mass is 425 g/mol. The molecule has 1 aromatic heterocycles. The average Bonchev–Trinajstić information content (AvgIpc) is 2.77. The molecule has 150 valence electrons. The summed E-state index contributed by atoms with van der Waals surface area (Å²) in [4.78, 5) is 4.58. The first-order valence-electron chi connectivity index (χ1n) is 9.98. The van der Waals surface area contributed by atoms with E-state index in [0.29, 0.717) is 11.6 Å². The fraction of sp³-hybridized carbons (Fsp3) is 0.364. The second-order valence-corrected chi connectivity index (χ2v) is 9.49.